The summed E-state index contributed by atoms with van der Waals surface area (Å²) in [6.07, 6.45) is 0.623. The van der Waals surface area contributed by atoms with Crippen molar-refractivity contribution >= 4 is 79.7 Å². The lowest BCUT2D eigenvalue weighted by molar-refractivity contribution is -0.156. The van der Waals surface area contributed by atoms with Crippen LogP contribution in [0.15, 0.2) is 24.3 Å². The van der Waals surface area contributed by atoms with Gasteiger partial charge in [0, 0.05) is 102 Å². The molecule has 34 heteroatoms. The predicted molar refractivity (Wildman–Crippen MR) is 316 cm³/mol. The van der Waals surface area contributed by atoms with Crippen molar-refractivity contribution in [1.82, 2.24) is 37.2 Å². The molecule has 10 rings (SSSR count). The lowest BCUT2D eigenvalue weighted by atomic mass is 9.77. The summed E-state index contributed by atoms with van der Waals surface area (Å²) in [7, 11) is -7.42. The Morgan fingerprint density at radius 3 is 1.47 bits per heavy atom. The molecule has 1 saturated carbocycles. The number of nitrogens with zero attached hydrogens (tertiary/aromatic N) is 9. The summed E-state index contributed by atoms with van der Waals surface area (Å²) in [5.41, 5.74) is 5.52. The van der Waals surface area contributed by atoms with Crippen LogP contribution in [0, 0.1) is 81.4 Å². The van der Waals surface area contributed by atoms with Crippen LogP contribution in [-0.4, -0.2) is 192 Å². The summed E-state index contributed by atoms with van der Waals surface area (Å²) in [5, 5.41) is 29.3. The van der Waals surface area contributed by atoms with Crippen LogP contribution in [0.2, 0.25) is 10.0 Å². The third-order valence-electron chi connectivity index (χ3n) is 17.4. The molecule has 1 aliphatic carbocycles. The van der Waals surface area contributed by atoms with Crippen LogP contribution in [0.25, 0.3) is 0 Å². The summed E-state index contributed by atoms with van der Waals surface area (Å²) in [6, 6.07) is 4.98. The van der Waals surface area contributed by atoms with Gasteiger partial charge < -0.3 is 35.6 Å². The third-order valence-corrected chi connectivity index (χ3v) is 21.8. The molecule has 6 atom stereocenters. The number of hydrogen-bond donors (Lipinski definition) is 3. The number of aliphatic carboxylic acids is 1. The van der Waals surface area contributed by atoms with E-state index in [0.717, 1.165) is 43.5 Å². The van der Waals surface area contributed by atoms with Crippen LogP contribution in [0.4, 0.5) is 35.5 Å². The van der Waals surface area contributed by atoms with E-state index >= 15 is 0 Å². The summed E-state index contributed by atoms with van der Waals surface area (Å²) >= 11 is 11.3. The molecule has 3 unspecified atom stereocenters. The molecule has 92 heavy (non-hydrogen) atoms. The summed E-state index contributed by atoms with van der Waals surface area (Å²) < 4.78 is 149. The van der Waals surface area contributed by atoms with Crippen molar-refractivity contribution in [3.63, 3.8) is 0 Å². The van der Waals surface area contributed by atoms with Gasteiger partial charge in [-0.1, -0.05) is 29.6 Å². The van der Waals surface area contributed by atoms with E-state index in [2.05, 4.69) is 11.4 Å². The van der Waals surface area contributed by atoms with Crippen LogP contribution >= 0.6 is 23.2 Å². The Morgan fingerprint density at radius 1 is 0.630 bits per heavy atom. The van der Waals surface area contributed by atoms with Gasteiger partial charge in [0.25, 0.3) is 20.4 Å². The second-order valence-corrected chi connectivity index (χ2v) is 29.7. The molecule has 7 saturated heterocycles. The lowest BCUT2D eigenvalue weighted by Crippen LogP contribution is -2.57. The van der Waals surface area contributed by atoms with Crippen LogP contribution in [0.1, 0.15) is 115 Å². The number of likely N-dealkylation sites (tertiary alicyclic amines) is 3. The standard InChI is InChI=1S/C26H32ClF2N5O4S.C15H19ClF2N2O2.C15H22N4O5S.C2HF3O/c27-20-11-21(28)19(10-22(20)29)24(17-4-1-5-17)31-25(35)23-7-3-9-34(23)26(36)18-6-2-8-32(15-18)39(37,38)33-13-16(12-30)14-33;1-15(2,3)22-14(21)20-6-8(7-20)13(19)9-4-12(18)10(16)5-11(9)17;16-7-11-8-18(9-11)25(23,24)17-5-1-3-12(10-17)14(20)19-6-2-4-13(19)15(21)22;3-2(4,5)1-6/h10-11,16-18,23-24H,1-9,13-15H2,(H,31,35);4-5,8,13H,6-7,19H2,1-3H3;11-13H,1-6,8-10H2,(H,21,22);1H/t18?,23-,24?;;12-,13+;/m1.0./s1. The fourth-order valence-corrected chi connectivity index (χ4v) is 15.9. The monoisotopic (exact) mass is 1380 g/mol. The first-order valence-corrected chi connectivity index (χ1v) is 33.6. The largest absolute Gasteiger partial charge is 0.480 e. The van der Waals surface area contributed by atoms with Crippen molar-refractivity contribution in [2.75, 3.05) is 78.5 Å². The van der Waals surface area contributed by atoms with Gasteiger partial charge in [0.2, 0.25) is 24.0 Å². The number of alkyl halides is 3. The Balaban J connectivity index is 0.000000196. The van der Waals surface area contributed by atoms with E-state index in [4.69, 9.17) is 49.0 Å². The number of amides is 4. The number of nitrogens with one attached hydrogen (secondary N) is 1. The number of carbonyl (C=O) groups excluding carboxylic acids is 5. The summed E-state index contributed by atoms with van der Waals surface area (Å²) in [5.74, 6) is -6.62. The number of carboxylic acids is 1. The predicted octanol–water partition coefficient (Wildman–Crippen LogP) is 6.69. The van der Waals surface area contributed by atoms with E-state index in [1.807, 2.05) is 6.07 Å². The second-order valence-electron chi connectivity index (χ2n) is 25.0. The lowest BCUT2D eigenvalue weighted by Gasteiger charge is -2.42. The highest BCUT2D eigenvalue weighted by Gasteiger charge is 2.47. The molecule has 4 amide bonds. The van der Waals surface area contributed by atoms with Crippen molar-refractivity contribution in [1.29, 1.82) is 10.5 Å². The van der Waals surface area contributed by atoms with Gasteiger partial charge in [-0.25, -0.2) is 27.2 Å². The number of halogens is 9. The summed E-state index contributed by atoms with van der Waals surface area (Å²) in [6.45, 7) is 8.27. The maximum absolute atomic E-state index is 14.8. The highest BCUT2D eigenvalue weighted by Crippen LogP contribution is 2.41. The first-order valence-electron chi connectivity index (χ1n) is 30.1. The van der Waals surface area contributed by atoms with Crippen LogP contribution in [0.3, 0.4) is 0 Å². The van der Waals surface area contributed by atoms with Crippen LogP contribution in [-0.2, 0) is 49.1 Å². The fourth-order valence-electron chi connectivity index (χ4n) is 12.0. The Morgan fingerprint density at radius 2 is 1.05 bits per heavy atom. The highest BCUT2D eigenvalue weighted by molar-refractivity contribution is 7.87. The smallest absolute Gasteiger partial charge is 0.446 e. The van der Waals surface area contributed by atoms with Crippen molar-refractivity contribution in [2.24, 2.45) is 41.2 Å². The number of benzene rings is 2. The number of carboxylic acid groups (broad SMARTS) is 1. The zero-order chi connectivity index (χ0) is 67.9. The Bertz CT molecular complexity index is 3380. The first-order chi connectivity index (χ1) is 43.1. The number of nitrogens with two attached hydrogens (primary N) is 1. The minimum atomic E-state index is -4.64. The average molecular weight is 1390 g/mol. The van der Waals surface area contributed by atoms with E-state index < -0.39 is 116 Å². The third kappa shape index (κ3) is 17.9. The molecule has 2 aromatic rings. The van der Waals surface area contributed by atoms with Gasteiger partial charge in [-0.15, -0.1) is 0 Å². The summed E-state index contributed by atoms with van der Waals surface area (Å²) in [4.78, 5) is 76.0. The van der Waals surface area contributed by atoms with Crippen molar-refractivity contribution < 1.29 is 86.2 Å². The molecule has 7 aliphatic heterocycles. The molecule has 23 nitrogen and oxygen atoms in total. The molecule has 4 N–H and O–H groups in total. The molecule has 0 bridgehead atoms. The van der Waals surface area contributed by atoms with Crippen molar-refractivity contribution in [2.45, 2.75) is 127 Å². The Kier molecular flexibility index (Phi) is 24.4. The molecule has 0 spiro atoms. The Hall–Kier alpha value is -5.97. The number of rotatable bonds is 13. The Labute approximate surface area is 539 Å². The molecule has 7 heterocycles. The van der Waals surface area contributed by atoms with Gasteiger partial charge >= 0.3 is 18.2 Å². The molecule has 0 radical (unpaired) electrons. The molecular formula is C58H74Cl2F7N11O12S2. The normalized spacial score (nSPS) is 23.8. The average Bonchev–Trinajstić information content (AvgIpc) is 0.993. The van der Waals surface area contributed by atoms with Crippen LogP contribution < -0.4 is 11.1 Å². The van der Waals surface area contributed by atoms with Crippen molar-refractivity contribution in [3.05, 3.63) is 68.7 Å². The first kappa shape index (κ1) is 73.4. The number of hydrogen-bond acceptors (Lipinski definition) is 14. The van der Waals surface area contributed by atoms with Gasteiger partial charge in [-0.05, 0) is 115 Å². The maximum Gasteiger partial charge on any atom is 0.446 e. The van der Waals surface area contributed by atoms with E-state index in [9.17, 15) is 76.6 Å². The maximum atomic E-state index is 14.8. The molecule has 2 aromatic carbocycles. The molecule has 0 aromatic heterocycles. The second kappa shape index (κ2) is 30.6. The quantitative estimate of drug-likeness (QED) is 0.107. The SMILES string of the molecule is CC(C)(C)OC(=O)N1CC(C(N)c2cc(F)c(Cl)cc2F)C1.N#CC1CN(S(=O)(=O)N2CCCC(C(=O)N3CCC[C@@H]3C(=O)NC(c3cc(F)c(Cl)cc3F)C3CCC3)C2)C1.N#CC1CN(S(=O)(=O)N2CCC[C@H](C(=O)N3CCC[C@@H]3C(=O)O)C2)C1.O=CC(F)(F)F. The van der Waals surface area contributed by atoms with Gasteiger partial charge in [0.05, 0.1) is 51.9 Å². The van der Waals surface area contributed by atoms with E-state index in [0.29, 0.717) is 90.6 Å². The zero-order valence-electron chi connectivity index (χ0n) is 50.7. The number of aldehydes is 1. The minimum Gasteiger partial charge on any atom is -0.480 e. The number of nitriles is 2. The highest BCUT2D eigenvalue weighted by atomic mass is 35.5. The topological polar surface area (TPSA) is 308 Å². The molecular weight excluding hydrogens is 1310 g/mol. The number of ether oxygens (including phenoxy) is 1. The number of piperidine rings is 2. The van der Waals surface area contributed by atoms with E-state index in [1.54, 1.807) is 20.8 Å². The van der Waals surface area contributed by atoms with Gasteiger partial charge in [-0.3, -0.25) is 19.2 Å². The molecule has 508 valence electrons. The molecule has 8 aliphatic rings. The fraction of sp³-hybridized carbons (Fsp3) is 0.655. The van der Waals surface area contributed by atoms with Crippen molar-refractivity contribution in [3.8, 4) is 12.1 Å². The molecule has 8 fully saturated rings. The zero-order valence-corrected chi connectivity index (χ0v) is 53.8. The number of carbonyl (C=O) groups is 6. The van der Waals surface area contributed by atoms with Gasteiger partial charge in [-0.2, -0.15) is 57.8 Å². The minimum absolute atomic E-state index is 0.0275. The van der Waals surface area contributed by atoms with Crippen LogP contribution in [0.5, 0.6) is 0 Å². The van der Waals surface area contributed by atoms with E-state index in [-0.39, 0.29) is 95.9 Å². The van der Waals surface area contributed by atoms with E-state index in [1.165, 1.54) is 31.9 Å². The van der Waals surface area contributed by atoms with Gasteiger partial charge in [0.15, 0.2) is 0 Å². The van der Waals surface area contributed by atoms with Gasteiger partial charge in [0.1, 0.15) is 41.0 Å².